The number of hydrogen-bond acceptors (Lipinski definition) is 4. The van der Waals surface area contributed by atoms with Crippen molar-refractivity contribution in [3.8, 4) is 0 Å². The second-order valence-electron chi connectivity index (χ2n) is 5.61. The molecule has 3 rings (SSSR count). The van der Waals surface area contributed by atoms with Crippen molar-refractivity contribution in [3.63, 3.8) is 0 Å². The fraction of sp³-hybridized carbons (Fsp3) is 0.167. The zero-order valence-electron chi connectivity index (χ0n) is 13.7. The van der Waals surface area contributed by atoms with Crippen molar-refractivity contribution in [2.75, 3.05) is 5.32 Å². The fourth-order valence-electron chi connectivity index (χ4n) is 2.25. The van der Waals surface area contributed by atoms with Gasteiger partial charge in [0.15, 0.2) is 11.8 Å². The molecule has 0 bridgehead atoms. The number of nitrogens with one attached hydrogen (secondary N) is 1. The van der Waals surface area contributed by atoms with E-state index in [4.69, 9.17) is 16.3 Å². The van der Waals surface area contributed by atoms with Gasteiger partial charge in [-0.25, -0.2) is 9.78 Å². The van der Waals surface area contributed by atoms with Gasteiger partial charge in [0.2, 0.25) is 0 Å². The minimum atomic E-state index is -0.990. The van der Waals surface area contributed by atoms with Crippen LogP contribution in [0.15, 0.2) is 48.8 Å². The normalized spacial score (nSPS) is 12.0. The number of rotatable bonds is 4. The van der Waals surface area contributed by atoms with E-state index in [0.29, 0.717) is 16.4 Å². The van der Waals surface area contributed by atoms with E-state index in [1.165, 1.54) is 6.92 Å². The summed E-state index contributed by atoms with van der Waals surface area (Å²) in [5.41, 5.74) is 2.27. The third-order valence-electron chi connectivity index (χ3n) is 3.61. The first-order chi connectivity index (χ1) is 11.9. The Morgan fingerprint density at radius 2 is 2.04 bits per heavy atom. The van der Waals surface area contributed by atoms with Crippen molar-refractivity contribution >= 4 is 34.8 Å². The van der Waals surface area contributed by atoms with Crippen LogP contribution in [-0.4, -0.2) is 27.4 Å². The lowest BCUT2D eigenvalue weighted by Crippen LogP contribution is -2.30. The molecule has 6 nitrogen and oxygen atoms in total. The van der Waals surface area contributed by atoms with E-state index in [9.17, 15) is 9.59 Å². The Balaban J connectivity index is 1.68. The Morgan fingerprint density at radius 1 is 1.28 bits per heavy atom. The summed E-state index contributed by atoms with van der Waals surface area (Å²) in [6.07, 6.45) is 2.38. The molecular formula is C18H16ClN3O3. The number of anilines is 1. The van der Waals surface area contributed by atoms with Gasteiger partial charge >= 0.3 is 5.97 Å². The van der Waals surface area contributed by atoms with Gasteiger partial charge in [0.05, 0.1) is 10.7 Å². The number of benzene rings is 1. The lowest BCUT2D eigenvalue weighted by molar-refractivity contribution is -0.123. The summed E-state index contributed by atoms with van der Waals surface area (Å²) in [6, 6.07) is 10.6. The zero-order chi connectivity index (χ0) is 18.0. The number of nitrogens with zero attached hydrogens (tertiary/aromatic N) is 2. The number of aryl methyl sites for hydroxylation is 1. The smallest absolute Gasteiger partial charge is 0.359 e. The molecule has 7 heteroatoms. The standard InChI is InChI=1S/C18H16ClN3O3/c1-11-7-8-22-10-15(20-16(22)9-11)18(24)25-12(2)17(23)21-14-6-4-3-5-13(14)19/h3-10,12H,1-2H3,(H,21,23). The highest BCUT2D eigenvalue weighted by Gasteiger charge is 2.21. The topological polar surface area (TPSA) is 72.7 Å². The van der Waals surface area contributed by atoms with Crippen LogP contribution in [0, 0.1) is 6.92 Å². The van der Waals surface area contributed by atoms with Gasteiger partial charge in [-0.2, -0.15) is 0 Å². The van der Waals surface area contributed by atoms with Crippen LogP contribution < -0.4 is 5.32 Å². The van der Waals surface area contributed by atoms with E-state index in [0.717, 1.165) is 5.56 Å². The Bertz CT molecular complexity index is 952. The van der Waals surface area contributed by atoms with Crippen LogP contribution in [0.3, 0.4) is 0 Å². The van der Waals surface area contributed by atoms with E-state index >= 15 is 0 Å². The molecule has 0 fully saturated rings. The first-order valence-electron chi connectivity index (χ1n) is 7.66. The quantitative estimate of drug-likeness (QED) is 0.725. The van der Waals surface area contributed by atoms with Crippen LogP contribution in [0.25, 0.3) is 5.65 Å². The van der Waals surface area contributed by atoms with Gasteiger partial charge in [-0.15, -0.1) is 0 Å². The number of halogens is 1. The van der Waals surface area contributed by atoms with Crippen LogP contribution in [-0.2, 0) is 9.53 Å². The van der Waals surface area contributed by atoms with Gasteiger partial charge in [-0.1, -0.05) is 23.7 Å². The van der Waals surface area contributed by atoms with Crippen molar-refractivity contribution in [1.29, 1.82) is 0 Å². The number of ether oxygens (including phenoxy) is 1. The molecule has 0 spiro atoms. The molecule has 1 atom stereocenters. The molecule has 0 saturated heterocycles. The monoisotopic (exact) mass is 357 g/mol. The van der Waals surface area contributed by atoms with Crippen molar-refractivity contribution in [2.45, 2.75) is 20.0 Å². The second kappa shape index (κ2) is 6.94. The van der Waals surface area contributed by atoms with Crippen LogP contribution in [0.1, 0.15) is 23.0 Å². The lowest BCUT2D eigenvalue weighted by Gasteiger charge is -2.13. The van der Waals surface area contributed by atoms with E-state index in [1.54, 1.807) is 34.9 Å². The highest BCUT2D eigenvalue weighted by Crippen LogP contribution is 2.20. The van der Waals surface area contributed by atoms with Crippen LogP contribution >= 0.6 is 11.6 Å². The van der Waals surface area contributed by atoms with Crippen molar-refractivity contribution in [1.82, 2.24) is 9.38 Å². The van der Waals surface area contributed by atoms with Gasteiger partial charge in [0.1, 0.15) is 5.65 Å². The summed E-state index contributed by atoms with van der Waals surface area (Å²) in [7, 11) is 0. The molecule has 0 aliphatic rings. The van der Waals surface area contributed by atoms with Crippen molar-refractivity contribution in [2.24, 2.45) is 0 Å². The number of amides is 1. The molecule has 128 valence electrons. The molecule has 1 unspecified atom stereocenters. The third-order valence-corrected chi connectivity index (χ3v) is 3.94. The lowest BCUT2D eigenvalue weighted by atomic mass is 10.3. The molecule has 2 heterocycles. The van der Waals surface area contributed by atoms with Crippen molar-refractivity contribution < 1.29 is 14.3 Å². The number of hydrogen-bond donors (Lipinski definition) is 1. The predicted molar refractivity (Wildman–Crippen MR) is 94.9 cm³/mol. The van der Waals surface area contributed by atoms with E-state index in [2.05, 4.69) is 10.3 Å². The highest BCUT2D eigenvalue weighted by molar-refractivity contribution is 6.33. The Kier molecular flexibility index (Phi) is 4.72. The molecule has 0 aliphatic heterocycles. The maximum absolute atomic E-state index is 12.2. The average Bonchev–Trinajstić information content (AvgIpc) is 3.00. The Hall–Kier alpha value is -2.86. The molecular weight excluding hydrogens is 342 g/mol. The molecule has 3 aromatic rings. The van der Waals surface area contributed by atoms with Crippen LogP contribution in [0.2, 0.25) is 5.02 Å². The number of esters is 1. The van der Waals surface area contributed by atoms with Gasteiger partial charge < -0.3 is 14.5 Å². The van der Waals surface area contributed by atoms with E-state index in [1.807, 2.05) is 25.3 Å². The van der Waals surface area contributed by atoms with Crippen molar-refractivity contribution in [3.05, 3.63) is 65.1 Å². The maximum atomic E-state index is 12.2. The summed E-state index contributed by atoms with van der Waals surface area (Å²) >= 11 is 6.00. The van der Waals surface area contributed by atoms with Gasteiger partial charge in [0.25, 0.3) is 5.91 Å². The molecule has 1 aromatic carbocycles. The largest absolute Gasteiger partial charge is 0.448 e. The summed E-state index contributed by atoms with van der Waals surface area (Å²) in [5.74, 6) is -1.13. The second-order valence-corrected chi connectivity index (χ2v) is 6.02. The number of para-hydroxylation sites is 1. The number of aromatic nitrogens is 2. The number of pyridine rings is 1. The first-order valence-corrected chi connectivity index (χ1v) is 8.03. The number of fused-ring (bicyclic) bond motifs is 1. The molecule has 2 aromatic heterocycles. The van der Waals surface area contributed by atoms with Crippen LogP contribution in [0.4, 0.5) is 5.69 Å². The Labute approximate surface area is 149 Å². The number of imidazole rings is 1. The van der Waals surface area contributed by atoms with Gasteiger partial charge in [-0.05, 0) is 43.7 Å². The molecule has 0 saturated carbocycles. The zero-order valence-corrected chi connectivity index (χ0v) is 14.4. The molecule has 1 amide bonds. The molecule has 0 radical (unpaired) electrons. The van der Waals surface area contributed by atoms with Crippen LogP contribution in [0.5, 0.6) is 0 Å². The highest BCUT2D eigenvalue weighted by atomic mass is 35.5. The van der Waals surface area contributed by atoms with E-state index < -0.39 is 18.0 Å². The van der Waals surface area contributed by atoms with Gasteiger partial charge in [-0.3, -0.25) is 4.79 Å². The van der Waals surface area contributed by atoms with E-state index in [-0.39, 0.29) is 5.69 Å². The first kappa shape index (κ1) is 17.0. The maximum Gasteiger partial charge on any atom is 0.359 e. The third kappa shape index (κ3) is 3.80. The summed E-state index contributed by atoms with van der Waals surface area (Å²) in [4.78, 5) is 28.6. The predicted octanol–water partition coefficient (Wildman–Crippen LogP) is 3.48. The van der Waals surface area contributed by atoms with Gasteiger partial charge in [0, 0.05) is 12.4 Å². The molecule has 25 heavy (non-hydrogen) atoms. The number of carbonyl (C=O) groups is 2. The molecule has 0 aliphatic carbocycles. The number of carbonyl (C=O) groups excluding carboxylic acids is 2. The summed E-state index contributed by atoms with van der Waals surface area (Å²) in [5, 5.41) is 3.03. The SMILES string of the molecule is Cc1ccn2cc(C(=O)OC(C)C(=O)Nc3ccccc3Cl)nc2c1. The summed E-state index contributed by atoms with van der Waals surface area (Å²) < 4.78 is 6.92. The average molecular weight is 358 g/mol. The minimum absolute atomic E-state index is 0.142. The fourth-order valence-corrected chi connectivity index (χ4v) is 2.44. The minimum Gasteiger partial charge on any atom is -0.448 e. The summed E-state index contributed by atoms with van der Waals surface area (Å²) in [6.45, 7) is 3.43. The Morgan fingerprint density at radius 3 is 2.80 bits per heavy atom. The molecule has 1 N–H and O–H groups in total.